The summed E-state index contributed by atoms with van der Waals surface area (Å²) in [5.74, 6) is -0.112. The Morgan fingerprint density at radius 1 is 1.37 bits per heavy atom. The van der Waals surface area contributed by atoms with Crippen LogP contribution in [0, 0.1) is 5.82 Å². The third kappa shape index (κ3) is 2.54. The van der Waals surface area contributed by atoms with Crippen LogP contribution in [0.25, 0.3) is 0 Å². The number of hydrogen-bond donors (Lipinski definition) is 0. The summed E-state index contributed by atoms with van der Waals surface area (Å²) in [6.45, 7) is 1.69. The molecule has 0 bridgehead atoms. The van der Waals surface area contributed by atoms with Crippen LogP contribution in [-0.2, 0) is 13.6 Å². The Hall–Kier alpha value is -1.68. The molecule has 0 saturated carbocycles. The van der Waals surface area contributed by atoms with E-state index in [4.69, 9.17) is 0 Å². The van der Waals surface area contributed by atoms with Gasteiger partial charge >= 0.3 is 0 Å². The van der Waals surface area contributed by atoms with Crippen LogP contribution in [0.3, 0.4) is 0 Å². The number of benzene rings is 1. The monoisotopic (exact) mass is 259 g/mol. The summed E-state index contributed by atoms with van der Waals surface area (Å²) in [7, 11) is 1.93. The number of aryl methyl sites for hydroxylation is 1. The van der Waals surface area contributed by atoms with Crippen LogP contribution in [0.2, 0.25) is 0 Å². The van der Waals surface area contributed by atoms with Crippen LogP contribution in [0.5, 0.6) is 0 Å². The predicted molar refractivity (Wildman–Crippen MR) is 72.0 cm³/mol. The molecule has 1 fully saturated rings. The molecule has 3 nitrogen and oxygen atoms in total. The molecule has 0 aliphatic carbocycles. The maximum atomic E-state index is 13.7. The Morgan fingerprint density at radius 2 is 2.21 bits per heavy atom. The van der Waals surface area contributed by atoms with E-state index in [9.17, 15) is 4.39 Å². The first-order valence-electron chi connectivity index (χ1n) is 6.70. The second kappa shape index (κ2) is 5.13. The van der Waals surface area contributed by atoms with E-state index in [2.05, 4.69) is 16.2 Å². The average molecular weight is 259 g/mol. The summed E-state index contributed by atoms with van der Waals surface area (Å²) >= 11 is 0. The first kappa shape index (κ1) is 12.4. The van der Waals surface area contributed by atoms with Gasteiger partial charge in [0.1, 0.15) is 5.82 Å². The zero-order valence-electron chi connectivity index (χ0n) is 11.1. The molecule has 1 saturated heterocycles. The van der Waals surface area contributed by atoms with E-state index >= 15 is 0 Å². The number of aromatic nitrogens is 2. The number of nitrogens with zero attached hydrogens (tertiary/aromatic N) is 3. The number of likely N-dealkylation sites (tertiary alicyclic amines) is 1. The van der Waals surface area contributed by atoms with Crippen molar-refractivity contribution in [1.29, 1.82) is 0 Å². The predicted octanol–water partition coefficient (Wildman–Crippen LogP) is 2.90. The maximum absolute atomic E-state index is 13.7. The quantitative estimate of drug-likeness (QED) is 0.845. The van der Waals surface area contributed by atoms with Crippen molar-refractivity contribution in [1.82, 2.24) is 14.7 Å². The van der Waals surface area contributed by atoms with Crippen molar-refractivity contribution >= 4 is 0 Å². The molecular weight excluding hydrogens is 241 g/mol. The first-order valence-corrected chi connectivity index (χ1v) is 6.70. The van der Waals surface area contributed by atoms with Gasteiger partial charge in [-0.1, -0.05) is 18.2 Å². The molecule has 1 aromatic carbocycles. The molecule has 0 N–H and O–H groups in total. The Kier molecular flexibility index (Phi) is 3.34. The second-order valence-corrected chi connectivity index (χ2v) is 5.17. The highest BCUT2D eigenvalue weighted by atomic mass is 19.1. The van der Waals surface area contributed by atoms with Gasteiger partial charge in [0, 0.05) is 37.0 Å². The van der Waals surface area contributed by atoms with E-state index in [1.807, 2.05) is 30.1 Å². The van der Waals surface area contributed by atoms with Gasteiger partial charge in [-0.3, -0.25) is 9.58 Å². The average Bonchev–Trinajstić information content (AvgIpc) is 3.01. The molecule has 0 unspecified atom stereocenters. The third-order valence-corrected chi connectivity index (χ3v) is 3.80. The van der Waals surface area contributed by atoms with E-state index in [1.54, 1.807) is 6.07 Å². The van der Waals surface area contributed by atoms with Crippen LogP contribution in [0.15, 0.2) is 36.7 Å². The zero-order valence-corrected chi connectivity index (χ0v) is 11.1. The summed E-state index contributed by atoms with van der Waals surface area (Å²) in [6, 6.07) is 7.40. The van der Waals surface area contributed by atoms with Crippen LogP contribution in [0.4, 0.5) is 4.39 Å². The minimum Gasteiger partial charge on any atom is -0.292 e. The van der Waals surface area contributed by atoms with Gasteiger partial charge < -0.3 is 0 Å². The molecule has 0 spiro atoms. The van der Waals surface area contributed by atoms with E-state index in [1.165, 1.54) is 11.6 Å². The summed E-state index contributed by atoms with van der Waals surface area (Å²) in [5, 5.41) is 4.24. The lowest BCUT2D eigenvalue weighted by Gasteiger charge is -2.23. The highest BCUT2D eigenvalue weighted by molar-refractivity contribution is 5.19. The van der Waals surface area contributed by atoms with Gasteiger partial charge in [-0.25, -0.2) is 4.39 Å². The molecule has 2 heterocycles. The van der Waals surface area contributed by atoms with Crippen LogP contribution >= 0.6 is 0 Å². The van der Waals surface area contributed by atoms with Crippen molar-refractivity contribution in [2.24, 2.45) is 7.05 Å². The highest BCUT2D eigenvalue weighted by Gasteiger charge is 2.27. The van der Waals surface area contributed by atoms with Gasteiger partial charge in [0.05, 0.1) is 6.20 Å². The van der Waals surface area contributed by atoms with Gasteiger partial charge in [0.25, 0.3) is 0 Å². The zero-order chi connectivity index (χ0) is 13.2. The molecule has 19 heavy (non-hydrogen) atoms. The minimum atomic E-state index is -0.112. The standard InChI is InChI=1S/C15H18FN3/c1-18-10-13(9-17-18)15-7-4-8-19(15)11-12-5-2-3-6-14(12)16/h2-3,5-6,9-10,15H,4,7-8,11H2,1H3/t15-/m0/s1. The largest absolute Gasteiger partial charge is 0.292 e. The molecule has 2 aromatic rings. The Morgan fingerprint density at radius 3 is 2.95 bits per heavy atom. The van der Waals surface area contributed by atoms with E-state index in [0.29, 0.717) is 12.6 Å². The van der Waals surface area contributed by atoms with E-state index in [0.717, 1.165) is 24.9 Å². The van der Waals surface area contributed by atoms with Gasteiger partial charge in [0.15, 0.2) is 0 Å². The molecular formula is C15H18FN3. The van der Waals surface area contributed by atoms with E-state index < -0.39 is 0 Å². The summed E-state index contributed by atoms with van der Waals surface area (Å²) in [6.07, 6.45) is 6.27. The summed E-state index contributed by atoms with van der Waals surface area (Å²) in [5.41, 5.74) is 2.01. The third-order valence-electron chi connectivity index (χ3n) is 3.80. The molecule has 1 aliphatic heterocycles. The molecule has 4 heteroatoms. The topological polar surface area (TPSA) is 21.1 Å². The van der Waals surface area contributed by atoms with Gasteiger partial charge in [-0.15, -0.1) is 0 Å². The van der Waals surface area contributed by atoms with Crippen molar-refractivity contribution in [2.75, 3.05) is 6.54 Å². The van der Waals surface area contributed by atoms with Gasteiger partial charge in [0.2, 0.25) is 0 Å². The first-order chi connectivity index (χ1) is 9.24. The van der Waals surface area contributed by atoms with E-state index in [-0.39, 0.29) is 5.82 Å². The van der Waals surface area contributed by atoms with Crippen molar-refractivity contribution < 1.29 is 4.39 Å². The molecule has 1 atom stereocenters. The van der Waals surface area contributed by atoms with Crippen molar-refractivity contribution in [3.05, 3.63) is 53.6 Å². The fourth-order valence-corrected chi connectivity index (χ4v) is 2.85. The summed E-state index contributed by atoms with van der Waals surface area (Å²) < 4.78 is 15.6. The van der Waals surface area contributed by atoms with Crippen LogP contribution < -0.4 is 0 Å². The van der Waals surface area contributed by atoms with Crippen molar-refractivity contribution in [3.63, 3.8) is 0 Å². The Labute approximate surface area is 112 Å². The Bertz CT molecular complexity index is 564. The highest BCUT2D eigenvalue weighted by Crippen LogP contribution is 2.33. The number of rotatable bonds is 3. The second-order valence-electron chi connectivity index (χ2n) is 5.17. The molecule has 100 valence electrons. The minimum absolute atomic E-state index is 0.112. The lowest BCUT2D eigenvalue weighted by Crippen LogP contribution is -2.23. The van der Waals surface area contributed by atoms with Crippen LogP contribution in [0.1, 0.15) is 30.0 Å². The SMILES string of the molecule is Cn1cc([C@@H]2CCCN2Cc2ccccc2F)cn1. The van der Waals surface area contributed by atoms with Gasteiger partial charge in [-0.05, 0) is 25.5 Å². The lowest BCUT2D eigenvalue weighted by molar-refractivity contribution is 0.245. The van der Waals surface area contributed by atoms with Crippen molar-refractivity contribution in [3.8, 4) is 0 Å². The normalized spacial score (nSPS) is 20.0. The smallest absolute Gasteiger partial charge is 0.127 e. The fourth-order valence-electron chi connectivity index (χ4n) is 2.85. The Balaban J connectivity index is 1.79. The van der Waals surface area contributed by atoms with Crippen LogP contribution in [-0.4, -0.2) is 21.2 Å². The number of halogens is 1. The maximum Gasteiger partial charge on any atom is 0.127 e. The van der Waals surface area contributed by atoms with Gasteiger partial charge in [-0.2, -0.15) is 5.10 Å². The molecule has 1 aliphatic rings. The molecule has 1 aromatic heterocycles. The lowest BCUT2D eigenvalue weighted by atomic mass is 10.1. The molecule has 0 radical (unpaired) electrons. The molecule has 3 rings (SSSR count). The number of hydrogen-bond acceptors (Lipinski definition) is 2. The summed E-state index contributed by atoms with van der Waals surface area (Å²) in [4.78, 5) is 2.34. The fraction of sp³-hybridized carbons (Fsp3) is 0.400. The van der Waals surface area contributed by atoms with Crippen molar-refractivity contribution in [2.45, 2.75) is 25.4 Å². The molecule has 0 amide bonds.